The molecule has 0 radical (unpaired) electrons. The van der Waals surface area contributed by atoms with Crippen molar-refractivity contribution in [2.45, 2.75) is 0 Å². The molecule has 0 aliphatic heterocycles. The minimum atomic E-state index is 1.16. The second kappa shape index (κ2) is 35.7. The number of hydrogen-bond acceptors (Lipinski definition) is 0. The van der Waals surface area contributed by atoms with Crippen molar-refractivity contribution in [3.63, 3.8) is 0 Å². The van der Waals surface area contributed by atoms with Crippen molar-refractivity contribution in [1.82, 2.24) is 27.4 Å². The summed E-state index contributed by atoms with van der Waals surface area (Å²) in [4.78, 5) is 0. The van der Waals surface area contributed by atoms with Crippen molar-refractivity contribution in [1.29, 1.82) is 0 Å². The van der Waals surface area contributed by atoms with Gasteiger partial charge in [0.05, 0.1) is 66.2 Å². The third-order valence-corrected chi connectivity index (χ3v) is 29.2. The lowest BCUT2D eigenvalue weighted by Crippen LogP contribution is -1.94. The van der Waals surface area contributed by atoms with Crippen molar-refractivity contribution in [3.8, 4) is 123 Å². The molecule has 0 atom stereocenters. The van der Waals surface area contributed by atoms with Crippen molar-refractivity contribution >= 4 is 131 Å². The first-order valence-corrected chi connectivity index (χ1v) is 49.5. The second-order valence-electron chi connectivity index (χ2n) is 37.4. The summed E-state index contributed by atoms with van der Waals surface area (Å²) in [7, 11) is 0. The molecule has 6 heteroatoms. The molecule has 0 N–H and O–H groups in total. The summed E-state index contributed by atoms with van der Waals surface area (Å²) in [6.45, 7) is 0. The molecule has 674 valence electrons. The Bertz CT molecular complexity index is 9850. The highest BCUT2D eigenvalue weighted by Crippen LogP contribution is 2.45. The lowest BCUT2D eigenvalue weighted by atomic mass is 9.99. The fourth-order valence-corrected chi connectivity index (χ4v) is 22.4. The summed E-state index contributed by atoms with van der Waals surface area (Å²) >= 11 is 0. The number of nitrogens with zero attached hydrogens (tertiary/aromatic N) is 6. The van der Waals surface area contributed by atoms with E-state index in [1.165, 1.54) is 237 Å². The first-order valence-electron chi connectivity index (χ1n) is 49.5. The maximum Gasteiger partial charge on any atom is 0.0547 e. The van der Waals surface area contributed by atoms with Crippen LogP contribution in [-0.4, -0.2) is 27.4 Å². The van der Waals surface area contributed by atoms with Crippen LogP contribution in [0.15, 0.2) is 558 Å². The van der Waals surface area contributed by atoms with Gasteiger partial charge in [0.15, 0.2) is 0 Å². The van der Waals surface area contributed by atoms with E-state index in [0.29, 0.717) is 0 Å². The molecule has 0 amide bonds. The maximum absolute atomic E-state index is 2.40. The third kappa shape index (κ3) is 14.8. The van der Waals surface area contributed by atoms with Crippen LogP contribution in [-0.2, 0) is 0 Å². The molecule has 6 aromatic heterocycles. The first-order chi connectivity index (χ1) is 71.4. The van der Waals surface area contributed by atoms with E-state index in [4.69, 9.17) is 0 Å². The molecule has 0 saturated heterocycles. The highest BCUT2D eigenvalue weighted by atomic mass is 15.0. The molecule has 0 bridgehead atoms. The van der Waals surface area contributed by atoms with E-state index in [1.54, 1.807) is 0 Å². The molecule has 6 heterocycles. The van der Waals surface area contributed by atoms with Gasteiger partial charge in [0.25, 0.3) is 0 Å². The van der Waals surface area contributed by atoms with Crippen LogP contribution in [0.2, 0.25) is 0 Å². The lowest BCUT2D eigenvalue weighted by molar-refractivity contribution is 1.18. The van der Waals surface area contributed by atoms with E-state index in [1.807, 2.05) is 0 Å². The maximum atomic E-state index is 2.40. The van der Waals surface area contributed by atoms with E-state index < -0.39 is 0 Å². The molecule has 144 heavy (non-hydrogen) atoms. The van der Waals surface area contributed by atoms with Crippen LogP contribution in [0.4, 0.5) is 0 Å². The zero-order valence-electron chi connectivity index (χ0n) is 78.8. The summed E-state index contributed by atoms with van der Waals surface area (Å²) in [5.74, 6) is 0. The molecule has 0 spiro atoms. The standard InChI is InChI=1S/2C48H32N2.C42H28N2/c1-2-11-33(12-3-1)36-13-10-14-37(31-36)34-21-26-40(27-22-34)50-47-20-9-6-17-43(47)44-32-38(25-30-48(44)50)35-23-28-39(29-24-35)49-45-18-7-4-15-41(45)42-16-5-8-19-46(42)49;1-2-11-33(12-3-1)34-21-23-35(24-22-34)37-13-10-14-40(31-37)50-47-20-9-6-17-43(47)44-32-38(27-30-48(44)50)36-25-28-39(29-26-36)49-45-18-7-4-15-41(45)42-16-5-8-19-46(42)49;1-3-11-29(12-4-1)32-21-25-37-35-15-7-9-17-39(35)44(42(37)28-32)34-23-19-30(20-24-34)31-22-26-41-38(27-31)36-16-8-10-18-40(36)43(41)33-13-5-2-6-14-33/h2*1-32H;1-28H. The summed E-state index contributed by atoms with van der Waals surface area (Å²) in [6.07, 6.45) is 0. The van der Waals surface area contributed by atoms with E-state index >= 15 is 0 Å². The Hall–Kier alpha value is -19.1. The van der Waals surface area contributed by atoms with Gasteiger partial charge < -0.3 is 27.4 Å². The van der Waals surface area contributed by atoms with Gasteiger partial charge in [-0.25, -0.2) is 0 Å². The monoisotopic (exact) mass is 1830 g/mol. The van der Waals surface area contributed by atoms with Gasteiger partial charge in [-0.15, -0.1) is 0 Å². The second-order valence-corrected chi connectivity index (χ2v) is 37.4. The van der Waals surface area contributed by atoms with Gasteiger partial charge in [0.1, 0.15) is 0 Å². The van der Waals surface area contributed by atoms with Gasteiger partial charge >= 0.3 is 0 Å². The van der Waals surface area contributed by atoms with Crippen molar-refractivity contribution < 1.29 is 0 Å². The molecule has 6 nitrogen and oxygen atoms in total. The zero-order valence-corrected chi connectivity index (χ0v) is 78.8. The average molecular weight is 1830 g/mol. The molecule has 0 unspecified atom stereocenters. The highest BCUT2D eigenvalue weighted by Gasteiger charge is 2.23. The van der Waals surface area contributed by atoms with Gasteiger partial charge in [-0.05, 0) is 259 Å². The largest absolute Gasteiger partial charge is 0.309 e. The molecule has 0 saturated carbocycles. The minimum absolute atomic E-state index is 1.16. The predicted molar refractivity (Wildman–Crippen MR) is 609 cm³/mol. The molecule has 0 aliphatic carbocycles. The van der Waals surface area contributed by atoms with Crippen LogP contribution in [0.3, 0.4) is 0 Å². The average Bonchev–Trinajstić information content (AvgIpc) is 1.60. The van der Waals surface area contributed by atoms with Crippen LogP contribution < -0.4 is 0 Å². The topological polar surface area (TPSA) is 29.6 Å². The fourth-order valence-electron chi connectivity index (χ4n) is 22.4. The number of para-hydroxylation sites is 9. The van der Waals surface area contributed by atoms with E-state index in [9.17, 15) is 0 Å². The number of benzene rings is 23. The Morgan fingerprint density at radius 3 is 0.556 bits per heavy atom. The predicted octanol–water partition coefficient (Wildman–Crippen LogP) is 37.0. The number of fused-ring (bicyclic) bond motifs is 18. The number of aromatic nitrogens is 6. The summed E-state index contributed by atoms with van der Waals surface area (Å²) < 4.78 is 14.3. The van der Waals surface area contributed by atoms with Crippen molar-refractivity contribution in [3.05, 3.63) is 558 Å². The quantitative estimate of drug-likeness (QED) is 0.104. The summed E-state index contributed by atoms with van der Waals surface area (Å²) in [5.41, 5.74) is 41.0. The Morgan fingerprint density at radius 2 is 0.243 bits per heavy atom. The molecule has 0 fully saturated rings. The zero-order chi connectivity index (χ0) is 95.1. The number of rotatable bonds is 14. The fraction of sp³-hybridized carbons (Fsp3) is 0. The van der Waals surface area contributed by atoms with E-state index in [2.05, 4.69) is 586 Å². The van der Waals surface area contributed by atoms with Gasteiger partial charge in [0, 0.05) is 98.8 Å². The molecular weight excluding hydrogens is 1740 g/mol. The molecule has 0 aliphatic rings. The normalized spacial score (nSPS) is 11.6. The van der Waals surface area contributed by atoms with Crippen molar-refractivity contribution in [2.75, 3.05) is 0 Å². The lowest BCUT2D eigenvalue weighted by Gasteiger charge is -2.12. The smallest absolute Gasteiger partial charge is 0.0547 e. The highest BCUT2D eigenvalue weighted by molar-refractivity contribution is 6.16. The number of hydrogen-bond donors (Lipinski definition) is 0. The van der Waals surface area contributed by atoms with Gasteiger partial charge in [-0.1, -0.05) is 388 Å². The Labute approximate surface area is 833 Å². The van der Waals surface area contributed by atoms with Gasteiger partial charge in [-0.2, -0.15) is 0 Å². The SMILES string of the molecule is c1ccc(-c2ccc(-c3cccc(-n4c5ccccc5c5cc(-c6ccc(-n7c8ccccc8c8ccccc87)cc6)ccc54)c3)cc2)cc1.c1ccc(-c2ccc3c4ccccc4n(-c4ccc(-c5ccc6c(c5)c5ccccc5n6-c5ccccc5)cc4)c3c2)cc1.c1ccc(-c2cccc(-c3ccc(-n4c5ccccc5c5cc(-c6ccc(-n7c8ccccc8c8ccccc87)cc6)ccc54)cc3)c2)cc1. The van der Waals surface area contributed by atoms with E-state index in [-0.39, 0.29) is 0 Å². The van der Waals surface area contributed by atoms with E-state index in [0.717, 1.165) is 17.1 Å². The Morgan fingerprint density at radius 1 is 0.0764 bits per heavy atom. The summed E-state index contributed by atoms with van der Waals surface area (Å²) in [5, 5.41) is 15.2. The van der Waals surface area contributed by atoms with Gasteiger partial charge in [-0.3, -0.25) is 0 Å². The molecule has 23 aromatic carbocycles. The first kappa shape index (κ1) is 84.2. The Balaban J connectivity index is 0.000000108. The van der Waals surface area contributed by atoms with Crippen LogP contribution in [0.25, 0.3) is 254 Å². The molecule has 29 rings (SSSR count). The molecular formula is C138H92N6. The molecule has 29 aromatic rings. The van der Waals surface area contributed by atoms with Crippen LogP contribution in [0, 0.1) is 0 Å². The minimum Gasteiger partial charge on any atom is -0.309 e. The Kier molecular flexibility index (Phi) is 20.9. The van der Waals surface area contributed by atoms with Gasteiger partial charge in [0.2, 0.25) is 0 Å². The van der Waals surface area contributed by atoms with Crippen LogP contribution >= 0.6 is 0 Å². The van der Waals surface area contributed by atoms with Crippen LogP contribution in [0.1, 0.15) is 0 Å². The van der Waals surface area contributed by atoms with Crippen LogP contribution in [0.5, 0.6) is 0 Å². The summed E-state index contributed by atoms with van der Waals surface area (Å²) in [6, 6.07) is 202. The van der Waals surface area contributed by atoms with Crippen molar-refractivity contribution in [2.24, 2.45) is 0 Å². The third-order valence-electron chi connectivity index (χ3n) is 29.2.